The van der Waals surface area contributed by atoms with Crippen molar-refractivity contribution in [3.05, 3.63) is 82.9 Å². The Morgan fingerprint density at radius 1 is 0.750 bits per heavy atom. The molecule has 0 N–H and O–H groups in total. The minimum atomic E-state index is -0.578. The maximum atomic E-state index is 11.6. The Labute approximate surface area is 141 Å². The van der Waals surface area contributed by atoms with E-state index in [0.717, 1.165) is 34.4 Å². The average molecular weight is 324 g/mol. The molecule has 0 heterocycles. The van der Waals surface area contributed by atoms with Gasteiger partial charge in [-0.25, -0.2) is 9.59 Å². The number of hydrogen-bond acceptors (Lipinski definition) is 4. The number of aryl methyl sites for hydroxylation is 2. The fourth-order valence-electron chi connectivity index (χ4n) is 2.07. The summed E-state index contributed by atoms with van der Waals surface area (Å²) >= 11 is 0. The van der Waals surface area contributed by atoms with Crippen molar-refractivity contribution in [3.63, 3.8) is 0 Å². The summed E-state index contributed by atoms with van der Waals surface area (Å²) in [4.78, 5) is 23.3. The zero-order valence-corrected chi connectivity index (χ0v) is 13.8. The molecule has 0 saturated heterocycles. The fraction of sp³-hybridized carbons (Fsp3) is 0.200. The number of carbonyl (C=O) groups excluding carboxylic acids is 2. The van der Waals surface area contributed by atoms with Crippen molar-refractivity contribution < 1.29 is 19.1 Å². The molecule has 0 saturated carbocycles. The summed E-state index contributed by atoms with van der Waals surface area (Å²) in [5.41, 5.74) is 3.96. The first-order valence-corrected chi connectivity index (χ1v) is 7.67. The Morgan fingerprint density at radius 3 is 1.50 bits per heavy atom. The summed E-state index contributed by atoms with van der Waals surface area (Å²) < 4.78 is 10.2. The third-order valence-electron chi connectivity index (χ3n) is 3.62. The predicted molar refractivity (Wildman–Crippen MR) is 91.1 cm³/mol. The van der Waals surface area contributed by atoms with Crippen LogP contribution in [0.15, 0.2) is 60.7 Å². The number of rotatable bonds is 6. The standard InChI is InChI=1S/C20H20O4/c1-15-7-3-5-9-17(15)13-23-19(21)11-12-20(22)24-14-18-10-6-4-8-16(18)2/h3-12H,13-14H2,1-2H3/b12-11+. The van der Waals surface area contributed by atoms with Crippen molar-refractivity contribution in [1.29, 1.82) is 0 Å². The van der Waals surface area contributed by atoms with E-state index < -0.39 is 11.9 Å². The van der Waals surface area contributed by atoms with Crippen LogP contribution in [0.5, 0.6) is 0 Å². The van der Waals surface area contributed by atoms with Gasteiger partial charge in [0, 0.05) is 12.2 Å². The topological polar surface area (TPSA) is 52.6 Å². The van der Waals surface area contributed by atoms with E-state index >= 15 is 0 Å². The summed E-state index contributed by atoms with van der Waals surface area (Å²) in [6, 6.07) is 15.3. The van der Waals surface area contributed by atoms with Gasteiger partial charge in [-0.3, -0.25) is 0 Å². The average Bonchev–Trinajstić information content (AvgIpc) is 2.58. The van der Waals surface area contributed by atoms with Crippen molar-refractivity contribution in [2.24, 2.45) is 0 Å². The van der Waals surface area contributed by atoms with Crippen molar-refractivity contribution >= 4 is 11.9 Å². The van der Waals surface area contributed by atoms with Crippen LogP contribution < -0.4 is 0 Å². The Hall–Kier alpha value is -2.88. The first-order chi connectivity index (χ1) is 11.6. The largest absolute Gasteiger partial charge is 0.458 e. The molecule has 124 valence electrons. The monoisotopic (exact) mass is 324 g/mol. The van der Waals surface area contributed by atoms with Gasteiger partial charge in [0.25, 0.3) is 0 Å². The molecule has 2 aromatic carbocycles. The molecular formula is C20H20O4. The zero-order chi connectivity index (χ0) is 17.4. The Morgan fingerprint density at radius 2 is 1.12 bits per heavy atom. The van der Waals surface area contributed by atoms with Crippen LogP contribution in [0.4, 0.5) is 0 Å². The van der Waals surface area contributed by atoms with Gasteiger partial charge in [-0.2, -0.15) is 0 Å². The molecule has 0 radical (unpaired) electrons. The van der Waals surface area contributed by atoms with Gasteiger partial charge in [0.1, 0.15) is 13.2 Å². The predicted octanol–water partition coefficient (Wildman–Crippen LogP) is 3.65. The van der Waals surface area contributed by atoms with Gasteiger partial charge in [-0.05, 0) is 36.1 Å². The first kappa shape index (κ1) is 17.5. The maximum Gasteiger partial charge on any atom is 0.331 e. The molecule has 0 unspecified atom stereocenters. The second-order valence-electron chi connectivity index (χ2n) is 5.40. The molecule has 24 heavy (non-hydrogen) atoms. The van der Waals surface area contributed by atoms with Gasteiger partial charge in [0.05, 0.1) is 0 Å². The number of hydrogen-bond donors (Lipinski definition) is 0. The third kappa shape index (κ3) is 5.39. The molecule has 2 aromatic rings. The Balaban J connectivity index is 1.78. The van der Waals surface area contributed by atoms with Crippen LogP contribution in [0.25, 0.3) is 0 Å². The molecule has 4 nitrogen and oxygen atoms in total. The van der Waals surface area contributed by atoms with E-state index in [1.807, 2.05) is 62.4 Å². The summed E-state index contributed by atoms with van der Waals surface area (Å²) in [5.74, 6) is -1.16. The third-order valence-corrected chi connectivity index (χ3v) is 3.62. The van der Waals surface area contributed by atoms with Crippen LogP contribution >= 0.6 is 0 Å². The summed E-state index contributed by atoms with van der Waals surface area (Å²) in [7, 11) is 0. The van der Waals surface area contributed by atoms with Crippen LogP contribution in [0.3, 0.4) is 0 Å². The van der Waals surface area contributed by atoms with Crippen molar-refractivity contribution in [2.45, 2.75) is 27.1 Å². The minimum Gasteiger partial charge on any atom is -0.458 e. The molecule has 0 aliphatic rings. The van der Waals surface area contributed by atoms with E-state index in [9.17, 15) is 9.59 Å². The highest BCUT2D eigenvalue weighted by Crippen LogP contribution is 2.09. The van der Waals surface area contributed by atoms with Crippen LogP contribution in [0, 0.1) is 13.8 Å². The fourth-order valence-corrected chi connectivity index (χ4v) is 2.07. The summed E-state index contributed by atoms with van der Waals surface area (Å²) in [6.45, 7) is 4.24. The van der Waals surface area contributed by atoms with Crippen molar-refractivity contribution in [3.8, 4) is 0 Å². The number of ether oxygens (including phenoxy) is 2. The van der Waals surface area contributed by atoms with Crippen LogP contribution in [-0.4, -0.2) is 11.9 Å². The van der Waals surface area contributed by atoms with Gasteiger partial charge < -0.3 is 9.47 Å². The van der Waals surface area contributed by atoms with Gasteiger partial charge >= 0.3 is 11.9 Å². The Kier molecular flexibility index (Phi) is 6.32. The smallest absolute Gasteiger partial charge is 0.331 e. The molecule has 0 atom stereocenters. The first-order valence-electron chi connectivity index (χ1n) is 7.67. The number of esters is 2. The quantitative estimate of drug-likeness (QED) is 0.601. The van der Waals surface area contributed by atoms with E-state index in [1.54, 1.807) is 0 Å². The van der Waals surface area contributed by atoms with E-state index in [2.05, 4.69) is 0 Å². The van der Waals surface area contributed by atoms with E-state index in [1.165, 1.54) is 0 Å². The number of benzene rings is 2. The van der Waals surface area contributed by atoms with Gasteiger partial charge in [0.2, 0.25) is 0 Å². The van der Waals surface area contributed by atoms with Crippen LogP contribution in [-0.2, 0) is 32.3 Å². The second-order valence-corrected chi connectivity index (χ2v) is 5.40. The molecule has 0 amide bonds. The van der Waals surface area contributed by atoms with E-state index in [0.29, 0.717) is 0 Å². The van der Waals surface area contributed by atoms with Gasteiger partial charge in [-0.1, -0.05) is 48.5 Å². The zero-order valence-electron chi connectivity index (χ0n) is 13.8. The molecule has 0 spiro atoms. The molecule has 0 fully saturated rings. The van der Waals surface area contributed by atoms with E-state index in [-0.39, 0.29) is 13.2 Å². The lowest BCUT2D eigenvalue weighted by Crippen LogP contribution is -2.05. The summed E-state index contributed by atoms with van der Waals surface area (Å²) in [5, 5.41) is 0. The highest BCUT2D eigenvalue weighted by Gasteiger charge is 2.04. The minimum absolute atomic E-state index is 0.175. The molecule has 0 aliphatic heterocycles. The van der Waals surface area contributed by atoms with Crippen LogP contribution in [0.2, 0.25) is 0 Å². The second kappa shape index (κ2) is 8.67. The molecular weight excluding hydrogens is 304 g/mol. The van der Waals surface area contributed by atoms with Crippen molar-refractivity contribution in [2.75, 3.05) is 0 Å². The lowest BCUT2D eigenvalue weighted by Gasteiger charge is -2.06. The molecule has 4 heteroatoms. The number of carbonyl (C=O) groups is 2. The maximum absolute atomic E-state index is 11.6. The van der Waals surface area contributed by atoms with Gasteiger partial charge in [-0.15, -0.1) is 0 Å². The highest BCUT2D eigenvalue weighted by molar-refractivity contribution is 5.91. The van der Waals surface area contributed by atoms with Gasteiger partial charge in [0.15, 0.2) is 0 Å². The SMILES string of the molecule is Cc1ccccc1COC(=O)/C=C/C(=O)OCc1ccccc1C. The Bertz CT molecular complexity index is 683. The lowest BCUT2D eigenvalue weighted by molar-refractivity contribution is -0.141. The summed E-state index contributed by atoms with van der Waals surface area (Å²) in [6.07, 6.45) is 2.16. The van der Waals surface area contributed by atoms with Crippen LogP contribution in [0.1, 0.15) is 22.3 Å². The molecule has 0 aromatic heterocycles. The molecule has 0 aliphatic carbocycles. The normalized spacial score (nSPS) is 10.6. The molecule has 2 rings (SSSR count). The van der Waals surface area contributed by atoms with Crippen molar-refractivity contribution in [1.82, 2.24) is 0 Å². The highest BCUT2D eigenvalue weighted by atomic mass is 16.5. The lowest BCUT2D eigenvalue weighted by atomic mass is 10.1. The van der Waals surface area contributed by atoms with E-state index in [4.69, 9.17) is 9.47 Å². The molecule has 0 bridgehead atoms.